The van der Waals surface area contributed by atoms with Crippen molar-refractivity contribution in [3.63, 3.8) is 0 Å². The molecule has 0 unspecified atom stereocenters. The highest BCUT2D eigenvalue weighted by atomic mass is 31.2. The number of pyridine rings is 1. The van der Waals surface area contributed by atoms with Crippen molar-refractivity contribution in [3.8, 4) is 5.75 Å². The van der Waals surface area contributed by atoms with Crippen molar-refractivity contribution < 1.29 is 33.4 Å². The maximum Gasteiger partial charge on any atom is 0.360 e. The Bertz CT molecular complexity index is 810. The quantitative estimate of drug-likeness (QED) is 0.418. The van der Waals surface area contributed by atoms with E-state index in [0.29, 0.717) is 18.8 Å². The van der Waals surface area contributed by atoms with Crippen LogP contribution < -0.4 is 10.1 Å². The molecule has 0 bridgehead atoms. The number of rotatable bonds is 8. The second kappa shape index (κ2) is 8.31. The van der Waals surface area contributed by atoms with Gasteiger partial charge in [-0.2, -0.15) is 0 Å². The zero-order valence-electron chi connectivity index (χ0n) is 13.9. The Morgan fingerprint density at radius 1 is 1.08 bits per heavy atom. The van der Waals surface area contributed by atoms with Gasteiger partial charge in [0.15, 0.2) is 0 Å². The van der Waals surface area contributed by atoms with Crippen LogP contribution in [0.3, 0.4) is 0 Å². The Hall–Kier alpha value is -1.73. The molecule has 0 spiro atoms. The van der Waals surface area contributed by atoms with E-state index in [4.69, 9.17) is 24.3 Å². The van der Waals surface area contributed by atoms with E-state index in [2.05, 4.69) is 10.3 Å². The molecule has 0 radical (unpaired) electrons. The van der Waals surface area contributed by atoms with Crippen LogP contribution in [0.5, 0.6) is 5.75 Å². The van der Waals surface area contributed by atoms with Crippen LogP contribution in [0.2, 0.25) is 0 Å². The van der Waals surface area contributed by atoms with E-state index in [9.17, 15) is 9.13 Å². The normalized spacial score (nSPS) is 12.2. The third-order valence-corrected chi connectivity index (χ3v) is 6.76. The van der Waals surface area contributed by atoms with Gasteiger partial charge in [0.25, 0.3) is 0 Å². The standard InChI is InChI=1S/C15H20N2O7P2/c1-11-2-4-12(5-3-11)7-9-24-13-6-8-16-14(10-13)17-15(25(18,19)20)26(21,22)23/h2-6,8,10,15H,7,9H2,1H3,(H,16,17)(H2,18,19,20)(H2,21,22,23). The fourth-order valence-corrected chi connectivity index (χ4v) is 4.29. The van der Waals surface area contributed by atoms with E-state index in [1.165, 1.54) is 18.3 Å². The van der Waals surface area contributed by atoms with Crippen LogP contribution in [-0.2, 0) is 15.6 Å². The van der Waals surface area contributed by atoms with Gasteiger partial charge in [-0.1, -0.05) is 29.8 Å². The summed E-state index contributed by atoms with van der Waals surface area (Å²) >= 11 is 0. The number of hydrogen-bond donors (Lipinski definition) is 5. The van der Waals surface area contributed by atoms with Crippen LogP contribution in [0.4, 0.5) is 5.82 Å². The Morgan fingerprint density at radius 2 is 1.69 bits per heavy atom. The molecule has 142 valence electrons. The summed E-state index contributed by atoms with van der Waals surface area (Å²) in [4.78, 5) is 40.3. The lowest BCUT2D eigenvalue weighted by molar-refractivity contribution is 0.321. The molecule has 1 aromatic carbocycles. The van der Waals surface area contributed by atoms with Crippen molar-refractivity contribution in [1.29, 1.82) is 0 Å². The maximum atomic E-state index is 11.3. The number of benzene rings is 1. The van der Waals surface area contributed by atoms with Crippen molar-refractivity contribution in [3.05, 3.63) is 53.7 Å². The van der Waals surface area contributed by atoms with Crippen LogP contribution >= 0.6 is 15.2 Å². The minimum atomic E-state index is -5.10. The molecule has 2 rings (SSSR count). The molecule has 0 atom stereocenters. The lowest BCUT2D eigenvalue weighted by atomic mass is 10.1. The second-order valence-electron chi connectivity index (χ2n) is 5.66. The molecular formula is C15H20N2O7P2. The number of anilines is 1. The van der Waals surface area contributed by atoms with Crippen LogP contribution in [0.25, 0.3) is 0 Å². The first kappa shape index (κ1) is 20.6. The summed E-state index contributed by atoms with van der Waals surface area (Å²) in [5, 5.41) is 2.10. The Morgan fingerprint density at radius 3 is 2.27 bits per heavy atom. The van der Waals surface area contributed by atoms with E-state index in [0.717, 1.165) is 11.1 Å². The van der Waals surface area contributed by atoms with Gasteiger partial charge in [-0.05, 0) is 18.6 Å². The van der Waals surface area contributed by atoms with Crippen molar-refractivity contribution in [2.45, 2.75) is 18.9 Å². The number of ether oxygens (including phenoxy) is 1. The average Bonchev–Trinajstić information content (AvgIpc) is 2.53. The zero-order valence-corrected chi connectivity index (χ0v) is 15.7. The minimum absolute atomic E-state index is 0.116. The first-order valence-electron chi connectivity index (χ1n) is 7.57. The van der Waals surface area contributed by atoms with Gasteiger partial charge in [-0.25, -0.2) is 4.98 Å². The monoisotopic (exact) mass is 402 g/mol. The summed E-state index contributed by atoms with van der Waals surface area (Å²) in [6.07, 6.45) is 1.96. The van der Waals surface area contributed by atoms with Crippen LogP contribution in [0.1, 0.15) is 11.1 Å². The maximum absolute atomic E-state index is 11.3. The molecule has 26 heavy (non-hydrogen) atoms. The van der Waals surface area contributed by atoms with Gasteiger partial charge in [-0.3, -0.25) is 9.13 Å². The molecule has 1 aromatic heterocycles. The lowest BCUT2D eigenvalue weighted by Crippen LogP contribution is -2.20. The molecule has 0 saturated carbocycles. The van der Waals surface area contributed by atoms with Crippen molar-refractivity contribution in [2.75, 3.05) is 11.9 Å². The largest absolute Gasteiger partial charge is 0.493 e. The van der Waals surface area contributed by atoms with Gasteiger partial charge in [0.1, 0.15) is 11.6 Å². The summed E-state index contributed by atoms with van der Waals surface area (Å²) in [7, 11) is -10.2. The van der Waals surface area contributed by atoms with Gasteiger partial charge in [0.2, 0.25) is 5.52 Å². The first-order valence-corrected chi connectivity index (χ1v) is 10.9. The second-order valence-corrected chi connectivity index (χ2v) is 9.45. The molecule has 0 saturated heterocycles. The van der Waals surface area contributed by atoms with E-state index in [1.54, 1.807) is 0 Å². The summed E-state index contributed by atoms with van der Waals surface area (Å²) < 4.78 is 28.2. The molecule has 5 N–H and O–H groups in total. The third kappa shape index (κ3) is 6.21. The Labute approximate surface area is 150 Å². The summed E-state index contributed by atoms with van der Waals surface area (Å²) in [6.45, 7) is 2.35. The molecule has 0 fully saturated rings. The van der Waals surface area contributed by atoms with Crippen molar-refractivity contribution in [1.82, 2.24) is 4.98 Å². The number of hydrogen-bond acceptors (Lipinski definition) is 5. The molecule has 1 heterocycles. The molecule has 0 aliphatic carbocycles. The third-order valence-electron chi connectivity index (χ3n) is 3.43. The van der Waals surface area contributed by atoms with Gasteiger partial charge >= 0.3 is 15.2 Å². The van der Waals surface area contributed by atoms with Crippen LogP contribution in [0.15, 0.2) is 42.6 Å². The molecule has 2 aromatic rings. The Balaban J connectivity index is 2.01. The molecule has 0 aliphatic heterocycles. The fraction of sp³-hybridized carbons (Fsp3) is 0.267. The topological polar surface area (TPSA) is 149 Å². The lowest BCUT2D eigenvalue weighted by Gasteiger charge is -2.21. The van der Waals surface area contributed by atoms with Crippen molar-refractivity contribution >= 4 is 21.0 Å². The van der Waals surface area contributed by atoms with Gasteiger partial charge in [0, 0.05) is 18.7 Å². The van der Waals surface area contributed by atoms with Crippen LogP contribution in [0, 0.1) is 6.92 Å². The summed E-state index contributed by atoms with van der Waals surface area (Å²) in [5.41, 5.74) is -0.124. The average molecular weight is 402 g/mol. The fourth-order valence-electron chi connectivity index (χ4n) is 2.12. The highest BCUT2D eigenvalue weighted by molar-refractivity contribution is 7.71. The highest BCUT2D eigenvalue weighted by Crippen LogP contribution is 2.59. The van der Waals surface area contributed by atoms with Gasteiger partial charge in [-0.15, -0.1) is 0 Å². The number of nitrogens with one attached hydrogen (secondary N) is 1. The summed E-state index contributed by atoms with van der Waals surface area (Å²) in [6, 6.07) is 10.8. The van der Waals surface area contributed by atoms with E-state index in [-0.39, 0.29) is 5.82 Å². The zero-order chi connectivity index (χ0) is 19.4. The van der Waals surface area contributed by atoms with Gasteiger partial charge in [0.05, 0.1) is 6.61 Å². The Kier molecular flexibility index (Phi) is 6.58. The molecule has 0 amide bonds. The van der Waals surface area contributed by atoms with E-state index >= 15 is 0 Å². The summed E-state index contributed by atoms with van der Waals surface area (Å²) in [5.74, 6) is 0.235. The SMILES string of the molecule is Cc1ccc(CCOc2ccnc(NC(P(=O)(O)O)P(=O)(O)O)c2)cc1. The van der Waals surface area contributed by atoms with E-state index < -0.39 is 20.7 Å². The van der Waals surface area contributed by atoms with Crippen molar-refractivity contribution in [2.24, 2.45) is 0 Å². The highest BCUT2D eigenvalue weighted by Gasteiger charge is 2.43. The smallest absolute Gasteiger partial charge is 0.360 e. The predicted octanol–water partition coefficient (Wildman–Crippen LogP) is 2.06. The molecule has 0 aliphatic rings. The number of aromatic nitrogens is 1. The predicted molar refractivity (Wildman–Crippen MR) is 96.1 cm³/mol. The molecule has 11 heteroatoms. The number of nitrogens with zero attached hydrogens (tertiary/aromatic N) is 1. The van der Waals surface area contributed by atoms with Gasteiger partial charge < -0.3 is 29.6 Å². The number of aryl methyl sites for hydroxylation is 1. The first-order chi connectivity index (χ1) is 12.1. The molecular weight excluding hydrogens is 382 g/mol. The molecule has 9 nitrogen and oxygen atoms in total. The van der Waals surface area contributed by atoms with Crippen LogP contribution in [-0.4, -0.2) is 36.7 Å². The minimum Gasteiger partial charge on any atom is -0.493 e. The van der Waals surface area contributed by atoms with E-state index in [1.807, 2.05) is 31.2 Å².